The van der Waals surface area contributed by atoms with Crippen molar-refractivity contribution in [2.45, 2.75) is 32.6 Å². The van der Waals surface area contributed by atoms with Crippen LogP contribution in [0.1, 0.15) is 30.2 Å². The number of aryl methyl sites for hydroxylation is 2. The van der Waals surface area contributed by atoms with Gasteiger partial charge in [-0.25, -0.2) is 4.98 Å². The molecule has 3 rings (SSSR count). The molecule has 18 heavy (non-hydrogen) atoms. The second-order valence-corrected chi connectivity index (χ2v) is 5.81. The standard InChI is InChI=1S/C15H18N2S/c1-2-10-16-15-17-14-12-8-4-3-6-11(12)7-5-9-13(14)18-15/h3-4,6,8H,2,5,7,9-10H2,1H3,(H,16,17). The Morgan fingerprint density at radius 3 is 3.06 bits per heavy atom. The van der Waals surface area contributed by atoms with Crippen molar-refractivity contribution in [3.8, 4) is 11.3 Å². The zero-order valence-corrected chi connectivity index (χ0v) is 11.5. The minimum Gasteiger partial charge on any atom is -0.362 e. The number of rotatable bonds is 3. The van der Waals surface area contributed by atoms with Crippen LogP contribution in [-0.2, 0) is 12.8 Å². The molecule has 1 aliphatic rings. The van der Waals surface area contributed by atoms with E-state index in [-0.39, 0.29) is 0 Å². The predicted molar refractivity (Wildman–Crippen MR) is 78.4 cm³/mol. The second kappa shape index (κ2) is 5.11. The third-order valence-corrected chi connectivity index (χ3v) is 4.42. The van der Waals surface area contributed by atoms with Gasteiger partial charge in [0, 0.05) is 17.0 Å². The number of fused-ring (bicyclic) bond motifs is 3. The summed E-state index contributed by atoms with van der Waals surface area (Å²) in [6, 6.07) is 8.70. The number of thiazole rings is 1. The zero-order chi connectivity index (χ0) is 12.4. The van der Waals surface area contributed by atoms with Gasteiger partial charge in [-0.05, 0) is 31.2 Å². The molecule has 1 aromatic heterocycles. The molecule has 2 nitrogen and oxygen atoms in total. The summed E-state index contributed by atoms with van der Waals surface area (Å²) in [5, 5.41) is 4.49. The van der Waals surface area contributed by atoms with Gasteiger partial charge in [0.1, 0.15) is 0 Å². The van der Waals surface area contributed by atoms with Gasteiger partial charge in [0.25, 0.3) is 0 Å². The first-order chi connectivity index (χ1) is 8.88. The summed E-state index contributed by atoms with van der Waals surface area (Å²) < 4.78 is 0. The maximum atomic E-state index is 4.80. The summed E-state index contributed by atoms with van der Waals surface area (Å²) in [6.45, 7) is 3.19. The quantitative estimate of drug-likeness (QED) is 0.895. The van der Waals surface area contributed by atoms with Crippen LogP contribution in [0.3, 0.4) is 0 Å². The number of aromatic nitrogens is 1. The average molecular weight is 258 g/mol. The van der Waals surface area contributed by atoms with Crippen molar-refractivity contribution in [1.82, 2.24) is 4.98 Å². The van der Waals surface area contributed by atoms with Gasteiger partial charge in [-0.2, -0.15) is 0 Å². The molecular formula is C15H18N2S. The van der Waals surface area contributed by atoms with E-state index in [0.717, 1.165) is 24.5 Å². The molecule has 0 saturated heterocycles. The van der Waals surface area contributed by atoms with Crippen molar-refractivity contribution < 1.29 is 0 Å². The van der Waals surface area contributed by atoms with Crippen molar-refractivity contribution in [2.24, 2.45) is 0 Å². The van der Waals surface area contributed by atoms with Gasteiger partial charge in [0.15, 0.2) is 5.13 Å². The van der Waals surface area contributed by atoms with Gasteiger partial charge in [-0.15, -0.1) is 11.3 Å². The lowest BCUT2D eigenvalue weighted by molar-refractivity contribution is 0.843. The van der Waals surface area contributed by atoms with Crippen molar-refractivity contribution in [3.05, 3.63) is 34.7 Å². The van der Waals surface area contributed by atoms with Crippen molar-refractivity contribution in [1.29, 1.82) is 0 Å². The smallest absolute Gasteiger partial charge is 0.183 e. The molecule has 1 N–H and O–H groups in total. The largest absolute Gasteiger partial charge is 0.362 e. The summed E-state index contributed by atoms with van der Waals surface area (Å²) in [6.07, 6.45) is 4.71. The molecule has 0 spiro atoms. The van der Waals surface area contributed by atoms with E-state index in [4.69, 9.17) is 4.98 Å². The third kappa shape index (κ3) is 2.15. The number of hydrogen-bond donors (Lipinski definition) is 1. The Bertz CT molecular complexity index is 545. The molecular weight excluding hydrogens is 240 g/mol. The van der Waals surface area contributed by atoms with Crippen molar-refractivity contribution in [3.63, 3.8) is 0 Å². The van der Waals surface area contributed by atoms with Crippen LogP contribution in [0.5, 0.6) is 0 Å². The van der Waals surface area contributed by atoms with Crippen LogP contribution < -0.4 is 5.32 Å². The van der Waals surface area contributed by atoms with Gasteiger partial charge >= 0.3 is 0 Å². The molecule has 94 valence electrons. The van der Waals surface area contributed by atoms with E-state index in [1.165, 1.54) is 34.5 Å². The van der Waals surface area contributed by atoms with E-state index in [0.29, 0.717) is 0 Å². The number of hydrogen-bond acceptors (Lipinski definition) is 3. The number of anilines is 1. The van der Waals surface area contributed by atoms with E-state index in [9.17, 15) is 0 Å². The molecule has 1 aromatic carbocycles. The molecule has 0 amide bonds. The fraction of sp³-hybridized carbons (Fsp3) is 0.400. The summed E-state index contributed by atoms with van der Waals surface area (Å²) in [5.74, 6) is 0. The molecule has 3 heteroatoms. The predicted octanol–water partition coefficient (Wildman–Crippen LogP) is 4.12. The maximum absolute atomic E-state index is 4.80. The van der Waals surface area contributed by atoms with Crippen molar-refractivity contribution >= 4 is 16.5 Å². The first-order valence-corrected chi connectivity index (χ1v) is 7.52. The highest BCUT2D eigenvalue weighted by molar-refractivity contribution is 7.16. The van der Waals surface area contributed by atoms with Gasteiger partial charge in [-0.3, -0.25) is 0 Å². The highest BCUT2D eigenvalue weighted by Crippen LogP contribution is 2.36. The van der Waals surface area contributed by atoms with E-state index < -0.39 is 0 Å². The first kappa shape index (κ1) is 11.7. The van der Waals surface area contributed by atoms with Crippen molar-refractivity contribution in [2.75, 3.05) is 11.9 Å². The van der Waals surface area contributed by atoms with Crippen LogP contribution in [0, 0.1) is 0 Å². The Hall–Kier alpha value is -1.35. The van der Waals surface area contributed by atoms with E-state index >= 15 is 0 Å². The Kier molecular flexibility index (Phi) is 3.33. The third-order valence-electron chi connectivity index (χ3n) is 3.35. The normalized spacial score (nSPS) is 13.6. The zero-order valence-electron chi connectivity index (χ0n) is 10.7. The molecule has 0 bridgehead atoms. The monoisotopic (exact) mass is 258 g/mol. The lowest BCUT2D eigenvalue weighted by atomic mass is 10.0. The Morgan fingerprint density at radius 1 is 1.28 bits per heavy atom. The van der Waals surface area contributed by atoms with Crippen LogP contribution in [0.25, 0.3) is 11.3 Å². The van der Waals surface area contributed by atoms with Crippen LogP contribution in [-0.4, -0.2) is 11.5 Å². The highest BCUT2D eigenvalue weighted by Gasteiger charge is 2.18. The fourth-order valence-electron chi connectivity index (χ4n) is 2.45. The number of nitrogens with one attached hydrogen (secondary N) is 1. The maximum Gasteiger partial charge on any atom is 0.183 e. The lowest BCUT2D eigenvalue weighted by Crippen LogP contribution is -1.98. The van der Waals surface area contributed by atoms with Gasteiger partial charge in [0.05, 0.1) is 5.69 Å². The number of nitrogens with zero attached hydrogens (tertiary/aromatic N) is 1. The van der Waals surface area contributed by atoms with Crippen LogP contribution in [0.15, 0.2) is 24.3 Å². The molecule has 0 fully saturated rings. The summed E-state index contributed by atoms with van der Waals surface area (Å²) in [7, 11) is 0. The second-order valence-electron chi connectivity index (χ2n) is 4.73. The summed E-state index contributed by atoms with van der Waals surface area (Å²) in [5.41, 5.74) is 4.00. The van der Waals surface area contributed by atoms with Crippen LogP contribution in [0.4, 0.5) is 5.13 Å². The van der Waals surface area contributed by atoms with E-state index in [2.05, 4.69) is 36.5 Å². The summed E-state index contributed by atoms with van der Waals surface area (Å²) in [4.78, 5) is 6.24. The lowest BCUT2D eigenvalue weighted by Gasteiger charge is -2.04. The Labute approximate surface area is 112 Å². The Morgan fingerprint density at radius 2 is 2.17 bits per heavy atom. The van der Waals surface area contributed by atoms with E-state index in [1.807, 2.05) is 11.3 Å². The van der Waals surface area contributed by atoms with Gasteiger partial charge in [0.2, 0.25) is 0 Å². The number of benzene rings is 1. The Balaban J connectivity index is 2.01. The average Bonchev–Trinajstić information content (AvgIpc) is 2.72. The molecule has 1 aliphatic carbocycles. The van der Waals surface area contributed by atoms with E-state index in [1.54, 1.807) is 0 Å². The molecule has 0 atom stereocenters. The van der Waals surface area contributed by atoms with Gasteiger partial charge < -0.3 is 5.32 Å². The minimum absolute atomic E-state index is 1.01. The first-order valence-electron chi connectivity index (χ1n) is 6.70. The minimum atomic E-state index is 1.01. The van der Waals surface area contributed by atoms with Crippen LogP contribution >= 0.6 is 11.3 Å². The molecule has 0 radical (unpaired) electrons. The highest BCUT2D eigenvalue weighted by atomic mass is 32.1. The topological polar surface area (TPSA) is 24.9 Å². The van der Waals surface area contributed by atoms with Gasteiger partial charge in [-0.1, -0.05) is 31.2 Å². The molecule has 0 aliphatic heterocycles. The molecule has 0 saturated carbocycles. The fourth-order valence-corrected chi connectivity index (χ4v) is 3.49. The van der Waals surface area contributed by atoms with Crippen LogP contribution in [0.2, 0.25) is 0 Å². The molecule has 0 unspecified atom stereocenters. The molecule has 1 heterocycles. The SMILES string of the molecule is CCCNc1nc2c(s1)CCCc1ccccc1-2. The summed E-state index contributed by atoms with van der Waals surface area (Å²) >= 11 is 1.83. The molecule has 2 aromatic rings.